The van der Waals surface area contributed by atoms with Crippen LogP contribution < -0.4 is 11.1 Å². The zero-order valence-corrected chi connectivity index (χ0v) is 13.3. The number of amides is 1. The number of carbonyl (C=O) groups is 1. The minimum absolute atomic E-state index is 0.0341. The van der Waals surface area contributed by atoms with Crippen LogP contribution in [0.15, 0.2) is 23.6 Å². The van der Waals surface area contributed by atoms with E-state index in [9.17, 15) is 4.79 Å². The van der Waals surface area contributed by atoms with Gasteiger partial charge in [-0.3, -0.25) is 4.79 Å². The molecule has 0 aliphatic rings. The topological polar surface area (TPSA) is 71.2 Å². The summed E-state index contributed by atoms with van der Waals surface area (Å²) in [5.74, 6) is -0.0341. The Morgan fingerprint density at radius 2 is 2.19 bits per heavy atom. The maximum atomic E-state index is 12.0. The second-order valence-corrected chi connectivity index (χ2v) is 6.10. The summed E-state index contributed by atoms with van der Waals surface area (Å²) in [6, 6.07) is 5.29. The molecule has 1 aromatic carbocycles. The molecule has 5 nitrogen and oxygen atoms in total. The van der Waals surface area contributed by atoms with Gasteiger partial charge in [-0.25, -0.2) is 4.98 Å². The van der Waals surface area contributed by atoms with E-state index < -0.39 is 0 Å². The van der Waals surface area contributed by atoms with Gasteiger partial charge in [0.05, 0.1) is 22.1 Å². The van der Waals surface area contributed by atoms with Crippen molar-refractivity contribution in [3.8, 4) is 0 Å². The van der Waals surface area contributed by atoms with Crippen molar-refractivity contribution in [3.63, 3.8) is 0 Å². The van der Waals surface area contributed by atoms with Crippen LogP contribution in [0, 0.1) is 6.92 Å². The lowest BCUT2D eigenvalue weighted by atomic mass is 10.1. The molecule has 0 aliphatic heterocycles. The highest BCUT2D eigenvalue weighted by atomic mass is 32.1. The molecule has 0 saturated carbocycles. The zero-order valence-electron chi connectivity index (χ0n) is 12.5. The van der Waals surface area contributed by atoms with Gasteiger partial charge in [0.2, 0.25) is 0 Å². The number of aromatic nitrogens is 1. The van der Waals surface area contributed by atoms with Gasteiger partial charge in [0.25, 0.3) is 5.91 Å². The van der Waals surface area contributed by atoms with E-state index in [1.807, 2.05) is 6.92 Å². The highest BCUT2D eigenvalue weighted by Crippen LogP contribution is 2.21. The number of thiazole rings is 1. The molecule has 2 aromatic rings. The predicted molar refractivity (Wildman–Crippen MR) is 87.9 cm³/mol. The molecule has 0 atom stereocenters. The largest absolute Gasteiger partial charge is 0.397 e. The molecule has 0 unspecified atom stereocenters. The summed E-state index contributed by atoms with van der Waals surface area (Å²) in [6.45, 7) is 2.73. The number of carbonyl (C=O) groups excluding carboxylic acids is 1. The molecule has 0 spiro atoms. The maximum absolute atomic E-state index is 12.0. The molecule has 6 heteroatoms. The molecule has 0 saturated heterocycles. The molecule has 0 bridgehead atoms. The Labute approximate surface area is 128 Å². The normalized spacial score (nSPS) is 10.4. The van der Waals surface area contributed by atoms with Crippen molar-refractivity contribution in [2.75, 3.05) is 31.7 Å². The van der Waals surface area contributed by atoms with Gasteiger partial charge in [0.1, 0.15) is 0 Å². The molecular weight excluding hydrogens is 284 g/mol. The molecule has 112 valence electrons. The van der Waals surface area contributed by atoms with Crippen molar-refractivity contribution < 1.29 is 4.79 Å². The first-order chi connectivity index (χ1) is 9.97. The third-order valence-corrected chi connectivity index (χ3v) is 3.89. The van der Waals surface area contributed by atoms with Crippen LogP contribution in [-0.4, -0.2) is 36.4 Å². The Kier molecular flexibility index (Phi) is 4.80. The minimum atomic E-state index is -0.0341. The quantitative estimate of drug-likeness (QED) is 0.832. The maximum Gasteiger partial charge on any atom is 0.253 e. The molecule has 0 radical (unpaired) electrons. The Bertz CT molecular complexity index is 636. The van der Waals surface area contributed by atoms with E-state index in [0.29, 0.717) is 11.3 Å². The average molecular weight is 304 g/mol. The van der Waals surface area contributed by atoms with Gasteiger partial charge in [-0.15, -0.1) is 11.3 Å². The van der Waals surface area contributed by atoms with Gasteiger partial charge >= 0.3 is 0 Å². The molecule has 1 heterocycles. The summed E-state index contributed by atoms with van der Waals surface area (Å²) in [6.07, 6.45) is 0.829. The van der Waals surface area contributed by atoms with Crippen LogP contribution >= 0.6 is 11.3 Å². The van der Waals surface area contributed by atoms with E-state index >= 15 is 0 Å². The van der Waals surface area contributed by atoms with Gasteiger partial charge in [0.15, 0.2) is 0 Å². The third kappa shape index (κ3) is 3.95. The van der Waals surface area contributed by atoms with Crippen LogP contribution in [0.4, 0.5) is 11.4 Å². The molecule has 0 aliphatic carbocycles. The molecule has 21 heavy (non-hydrogen) atoms. The smallest absolute Gasteiger partial charge is 0.253 e. The first-order valence-electron chi connectivity index (χ1n) is 6.73. The summed E-state index contributed by atoms with van der Waals surface area (Å²) in [7, 11) is 3.47. The average Bonchev–Trinajstić information content (AvgIpc) is 2.85. The first kappa shape index (κ1) is 15.3. The molecule has 2 rings (SSSR count). The van der Waals surface area contributed by atoms with Crippen LogP contribution in [-0.2, 0) is 6.42 Å². The third-order valence-electron chi connectivity index (χ3n) is 3.07. The van der Waals surface area contributed by atoms with E-state index in [-0.39, 0.29) is 5.91 Å². The second-order valence-electron chi connectivity index (χ2n) is 5.04. The number of anilines is 2. The summed E-state index contributed by atoms with van der Waals surface area (Å²) < 4.78 is 0. The summed E-state index contributed by atoms with van der Waals surface area (Å²) >= 11 is 1.65. The molecule has 1 amide bonds. The van der Waals surface area contributed by atoms with Gasteiger partial charge < -0.3 is 16.0 Å². The minimum Gasteiger partial charge on any atom is -0.397 e. The van der Waals surface area contributed by atoms with E-state index in [4.69, 9.17) is 5.73 Å². The number of aryl methyl sites for hydroxylation is 1. The van der Waals surface area contributed by atoms with Gasteiger partial charge in [-0.2, -0.15) is 0 Å². The number of nitrogen functional groups attached to an aromatic ring is 1. The Morgan fingerprint density at radius 1 is 1.43 bits per heavy atom. The number of hydrogen-bond acceptors (Lipinski definition) is 5. The second kappa shape index (κ2) is 6.58. The number of nitrogens with one attached hydrogen (secondary N) is 1. The van der Waals surface area contributed by atoms with Crippen molar-refractivity contribution in [2.45, 2.75) is 13.3 Å². The summed E-state index contributed by atoms with van der Waals surface area (Å²) in [5.41, 5.74) is 9.07. The highest BCUT2D eigenvalue weighted by molar-refractivity contribution is 7.09. The Balaban J connectivity index is 2.02. The zero-order chi connectivity index (χ0) is 15.4. The fourth-order valence-electron chi connectivity index (χ4n) is 1.95. The van der Waals surface area contributed by atoms with Crippen LogP contribution in [0.5, 0.6) is 0 Å². The molecule has 0 fully saturated rings. The van der Waals surface area contributed by atoms with Gasteiger partial charge in [-0.1, -0.05) is 0 Å². The van der Waals surface area contributed by atoms with E-state index in [1.165, 1.54) is 0 Å². The first-order valence-corrected chi connectivity index (χ1v) is 7.61. The standard InChI is InChI=1S/C15H20N4OS/c1-10-18-12(9-21-10)6-7-17-14-8-11(4-5-13(14)16)15(20)19(2)3/h4-5,8-9,17H,6-7,16H2,1-3H3. The molecule has 1 aromatic heterocycles. The SMILES string of the molecule is Cc1nc(CCNc2cc(C(=O)N(C)C)ccc2N)cs1. The lowest BCUT2D eigenvalue weighted by molar-refractivity contribution is 0.0827. The van der Waals surface area contributed by atoms with Crippen LogP contribution in [0.25, 0.3) is 0 Å². The number of nitrogens with zero attached hydrogens (tertiary/aromatic N) is 2. The van der Waals surface area contributed by atoms with E-state index in [1.54, 1.807) is 48.5 Å². The lowest BCUT2D eigenvalue weighted by Gasteiger charge is -2.13. The van der Waals surface area contributed by atoms with Crippen LogP contribution in [0.3, 0.4) is 0 Å². The number of benzene rings is 1. The lowest BCUT2D eigenvalue weighted by Crippen LogP contribution is -2.22. The Morgan fingerprint density at radius 3 is 2.81 bits per heavy atom. The van der Waals surface area contributed by atoms with Crippen molar-refractivity contribution in [2.24, 2.45) is 0 Å². The molecule has 3 N–H and O–H groups in total. The van der Waals surface area contributed by atoms with Crippen molar-refractivity contribution >= 4 is 28.6 Å². The summed E-state index contributed by atoms with van der Waals surface area (Å²) in [5, 5.41) is 6.41. The van der Waals surface area contributed by atoms with Gasteiger partial charge in [0, 0.05) is 38.0 Å². The van der Waals surface area contributed by atoms with E-state index in [2.05, 4.69) is 15.7 Å². The molecular formula is C15H20N4OS. The number of nitrogens with two attached hydrogens (primary N) is 1. The number of hydrogen-bond donors (Lipinski definition) is 2. The summed E-state index contributed by atoms with van der Waals surface area (Å²) in [4.78, 5) is 17.9. The Hall–Kier alpha value is -2.08. The van der Waals surface area contributed by atoms with Gasteiger partial charge in [-0.05, 0) is 25.1 Å². The van der Waals surface area contributed by atoms with Crippen molar-refractivity contribution in [1.29, 1.82) is 0 Å². The van der Waals surface area contributed by atoms with Crippen molar-refractivity contribution in [3.05, 3.63) is 39.8 Å². The highest BCUT2D eigenvalue weighted by Gasteiger charge is 2.10. The van der Waals surface area contributed by atoms with Crippen molar-refractivity contribution in [1.82, 2.24) is 9.88 Å². The predicted octanol–water partition coefficient (Wildman–Crippen LogP) is 2.39. The fourth-order valence-corrected chi connectivity index (χ4v) is 2.60. The van der Waals surface area contributed by atoms with Crippen LogP contribution in [0.2, 0.25) is 0 Å². The monoisotopic (exact) mass is 304 g/mol. The fraction of sp³-hybridized carbons (Fsp3) is 0.333. The van der Waals surface area contributed by atoms with Crippen LogP contribution in [0.1, 0.15) is 21.1 Å². The number of rotatable bonds is 5. The van der Waals surface area contributed by atoms with E-state index in [0.717, 1.165) is 29.4 Å².